The van der Waals surface area contributed by atoms with Gasteiger partial charge in [0.1, 0.15) is 12.2 Å². The molecule has 9 rings (SSSR count). The molecule has 64 heavy (non-hydrogen) atoms. The van der Waals surface area contributed by atoms with Crippen LogP contribution in [0.5, 0.6) is 0 Å². The van der Waals surface area contributed by atoms with E-state index in [9.17, 15) is 19.2 Å². The van der Waals surface area contributed by atoms with Crippen LogP contribution in [0.3, 0.4) is 0 Å². The molecule has 334 valence electrons. The van der Waals surface area contributed by atoms with Gasteiger partial charge < -0.3 is 9.47 Å². The first kappa shape index (κ1) is 43.7. The van der Waals surface area contributed by atoms with E-state index in [0.717, 1.165) is 58.1 Å². The predicted octanol–water partition coefficient (Wildman–Crippen LogP) is 13.5. The van der Waals surface area contributed by atoms with Crippen molar-refractivity contribution in [3.8, 4) is 0 Å². The van der Waals surface area contributed by atoms with Gasteiger partial charge in [0.2, 0.25) is 0 Å². The molecule has 7 aliphatic rings. The first-order valence-corrected chi connectivity index (χ1v) is 24.3. The van der Waals surface area contributed by atoms with E-state index in [0.29, 0.717) is 42.6 Å². The summed E-state index contributed by atoms with van der Waals surface area (Å²) in [7, 11) is 0. The van der Waals surface area contributed by atoms with Gasteiger partial charge in [0, 0.05) is 45.7 Å². The van der Waals surface area contributed by atoms with E-state index in [1.54, 1.807) is 0 Å². The second kappa shape index (κ2) is 17.8. The highest BCUT2D eigenvalue weighted by atomic mass is 16.6. The summed E-state index contributed by atoms with van der Waals surface area (Å²) in [6.07, 6.45) is 36.3. The highest BCUT2D eigenvalue weighted by molar-refractivity contribution is 6.26. The number of allylic oxidation sites excluding steroid dienone is 15. The summed E-state index contributed by atoms with van der Waals surface area (Å²) in [5.41, 5.74) is 7.74. The number of fused-ring (bicyclic) bond motifs is 2. The number of rotatable bonds is 16. The Labute approximate surface area is 379 Å². The molecule has 4 amide bonds. The van der Waals surface area contributed by atoms with Crippen LogP contribution in [0.1, 0.15) is 156 Å². The molecule has 0 radical (unpaired) electrons. The van der Waals surface area contributed by atoms with Crippen LogP contribution in [0.25, 0.3) is 10.8 Å². The Morgan fingerprint density at radius 2 is 1.33 bits per heavy atom. The van der Waals surface area contributed by atoms with Gasteiger partial charge in [-0.05, 0) is 103 Å². The van der Waals surface area contributed by atoms with E-state index >= 15 is 0 Å². The van der Waals surface area contributed by atoms with Crippen LogP contribution in [0.4, 0.5) is 9.59 Å². The van der Waals surface area contributed by atoms with E-state index in [1.807, 2.05) is 58.1 Å². The monoisotopic (exact) mass is 860 g/mol. The average molecular weight is 861 g/mol. The van der Waals surface area contributed by atoms with Crippen LogP contribution in [-0.4, -0.2) is 52.6 Å². The highest BCUT2D eigenvalue weighted by Gasteiger charge is 2.57. The Bertz CT molecular complexity index is 2480. The molecule has 0 fully saturated rings. The summed E-state index contributed by atoms with van der Waals surface area (Å²) in [6.45, 7) is 10.2. The van der Waals surface area contributed by atoms with Crippen molar-refractivity contribution in [2.45, 2.75) is 143 Å². The Hall–Kier alpha value is -5.50. The molecule has 0 bridgehead atoms. The molecule has 2 spiro atoms. The minimum Gasteiger partial charge on any atom is -0.446 e. The maximum atomic E-state index is 14.2. The zero-order valence-electron chi connectivity index (χ0n) is 38.4. The zero-order valence-corrected chi connectivity index (χ0v) is 38.4. The van der Waals surface area contributed by atoms with Gasteiger partial charge >= 0.3 is 12.2 Å². The number of nitrogens with zero attached hydrogens (tertiary/aromatic N) is 2. The molecule has 6 aliphatic carbocycles. The van der Waals surface area contributed by atoms with E-state index in [2.05, 4.69) is 67.7 Å². The van der Waals surface area contributed by atoms with Gasteiger partial charge in [0.05, 0.1) is 5.70 Å². The van der Waals surface area contributed by atoms with Gasteiger partial charge in [-0.2, -0.15) is 4.90 Å². The first-order chi connectivity index (χ1) is 31.1. The molecule has 8 nitrogen and oxygen atoms in total. The predicted molar refractivity (Wildman–Crippen MR) is 253 cm³/mol. The number of hydrogen-bond donors (Lipinski definition) is 0. The fraction of sp³-hybridized carbons (Fsp3) is 0.464. The minimum absolute atomic E-state index is 0.00647. The fourth-order valence-electron chi connectivity index (χ4n) is 11.7. The van der Waals surface area contributed by atoms with Crippen molar-refractivity contribution in [1.29, 1.82) is 0 Å². The lowest BCUT2D eigenvalue weighted by atomic mass is 9.47. The molecule has 0 saturated carbocycles. The molecule has 2 aromatic rings. The standard InChI is InChI=1S/C56H64N2O6/c1-6-9-10-11-12-13-14-15-16-17-33-57-51(59)42-26-25-38-34-56-32-19-21-39-35-55-31-20-24-47(58(53(61)63-36(4)7-2)54(62)64-37(5)8-3)46(55)23-18-22-44(55)41(50(39)56)29-30-45(56)40-27-28-43(52(57)60)49(42)48(38)40/h18-32,36-37,44-45H,6-17,33-35H2,1-5H3. The molecule has 8 heteroatoms. The van der Waals surface area contributed by atoms with Gasteiger partial charge in [-0.3, -0.25) is 14.5 Å². The SMILES string of the molecule is CCCCCCCCCCCCN1C(=O)c2ccc3c4c(ccc(c24)C1=O)C1C=CC2=C4C(=CC=CC41C3)CC13C=CC=C(N(C(=O)OC(C)CC)C(=O)OC(C)CC)C1=CC=CC23. The van der Waals surface area contributed by atoms with Crippen molar-refractivity contribution in [2.24, 2.45) is 16.7 Å². The molecule has 1 aliphatic heterocycles. The number of hydrogen-bond acceptors (Lipinski definition) is 6. The normalized spacial score (nSPS) is 25.1. The molecule has 1 heterocycles. The number of ether oxygens (including phenoxy) is 2. The quantitative estimate of drug-likeness (QED) is 0.123. The van der Waals surface area contributed by atoms with Crippen molar-refractivity contribution in [2.75, 3.05) is 6.54 Å². The van der Waals surface area contributed by atoms with E-state index in [1.165, 1.54) is 66.6 Å². The lowest BCUT2D eigenvalue weighted by Crippen LogP contribution is -2.48. The van der Waals surface area contributed by atoms with Crippen molar-refractivity contribution < 1.29 is 28.7 Å². The molecule has 0 N–H and O–H groups in total. The van der Waals surface area contributed by atoms with Gasteiger partial charge in [0.15, 0.2) is 0 Å². The average Bonchev–Trinajstić information content (AvgIpc) is 3.29. The van der Waals surface area contributed by atoms with Crippen LogP contribution in [0.15, 0.2) is 119 Å². The molecule has 6 atom stereocenters. The third kappa shape index (κ3) is 7.20. The molecular weight excluding hydrogens is 797 g/mol. The minimum atomic E-state index is -0.743. The second-order valence-corrected chi connectivity index (χ2v) is 19.2. The van der Waals surface area contributed by atoms with E-state index < -0.39 is 17.6 Å². The number of carbonyl (C=O) groups excluding carboxylic acids is 4. The van der Waals surface area contributed by atoms with Crippen molar-refractivity contribution >= 4 is 34.8 Å². The molecule has 0 saturated heterocycles. The van der Waals surface area contributed by atoms with Crippen LogP contribution in [-0.2, 0) is 15.9 Å². The molecule has 0 aromatic heterocycles. The van der Waals surface area contributed by atoms with Gasteiger partial charge in [-0.15, -0.1) is 0 Å². The molecular formula is C56H64N2O6. The first-order valence-electron chi connectivity index (χ1n) is 24.3. The number of imide groups is 2. The van der Waals surface area contributed by atoms with E-state index in [-0.39, 0.29) is 41.3 Å². The lowest BCUT2D eigenvalue weighted by molar-refractivity contribution is 0.0509. The summed E-state index contributed by atoms with van der Waals surface area (Å²) >= 11 is 0. The van der Waals surface area contributed by atoms with Gasteiger partial charge in [-0.25, -0.2) is 9.59 Å². The number of amides is 4. The largest absolute Gasteiger partial charge is 0.446 e. The second-order valence-electron chi connectivity index (χ2n) is 19.2. The Morgan fingerprint density at radius 3 is 2.00 bits per heavy atom. The summed E-state index contributed by atoms with van der Waals surface area (Å²) in [6, 6.07) is 8.25. The molecule has 6 unspecified atom stereocenters. The van der Waals surface area contributed by atoms with Crippen LogP contribution >= 0.6 is 0 Å². The number of benzene rings is 2. The van der Waals surface area contributed by atoms with Crippen molar-refractivity contribution in [1.82, 2.24) is 9.80 Å². The highest BCUT2D eigenvalue weighted by Crippen LogP contribution is 2.66. The summed E-state index contributed by atoms with van der Waals surface area (Å²) in [4.78, 5) is 58.8. The maximum Gasteiger partial charge on any atom is 0.424 e. The third-order valence-electron chi connectivity index (χ3n) is 15.3. The number of carbonyl (C=O) groups is 4. The van der Waals surface area contributed by atoms with Crippen LogP contribution < -0.4 is 0 Å². The van der Waals surface area contributed by atoms with Crippen molar-refractivity contribution in [3.63, 3.8) is 0 Å². The van der Waals surface area contributed by atoms with E-state index in [4.69, 9.17) is 9.47 Å². The van der Waals surface area contributed by atoms with Gasteiger partial charge in [0.25, 0.3) is 11.8 Å². The van der Waals surface area contributed by atoms with Crippen LogP contribution in [0.2, 0.25) is 0 Å². The summed E-state index contributed by atoms with van der Waals surface area (Å²) < 4.78 is 11.6. The van der Waals surface area contributed by atoms with Crippen LogP contribution in [0, 0.1) is 16.7 Å². The molecule has 2 aromatic carbocycles. The Balaban J connectivity index is 1.000. The lowest BCUT2D eigenvalue weighted by Gasteiger charge is -2.56. The third-order valence-corrected chi connectivity index (χ3v) is 15.3. The maximum absolute atomic E-state index is 14.2. The zero-order chi connectivity index (χ0) is 44.8. The Kier molecular flexibility index (Phi) is 12.2. The number of unbranched alkanes of at least 4 members (excludes halogenated alkanes) is 9. The topological polar surface area (TPSA) is 93.2 Å². The Morgan fingerprint density at radius 1 is 0.703 bits per heavy atom. The fourth-order valence-corrected chi connectivity index (χ4v) is 11.7. The van der Waals surface area contributed by atoms with Gasteiger partial charge in [-0.1, -0.05) is 151 Å². The summed E-state index contributed by atoms with van der Waals surface area (Å²) in [5.74, 6) is -0.438. The summed E-state index contributed by atoms with van der Waals surface area (Å²) in [5, 5.41) is 1.86. The smallest absolute Gasteiger partial charge is 0.424 e. The van der Waals surface area contributed by atoms with Crippen molar-refractivity contribution in [3.05, 3.63) is 141 Å².